The van der Waals surface area contributed by atoms with E-state index in [-0.39, 0.29) is 24.6 Å². The average Bonchev–Trinajstić information content (AvgIpc) is 2.85. The van der Waals surface area contributed by atoms with E-state index in [0.29, 0.717) is 13.2 Å². The number of benzene rings is 1. The highest BCUT2D eigenvalue weighted by Gasteiger charge is 2.27. The van der Waals surface area contributed by atoms with Gasteiger partial charge in [-0.3, -0.25) is 4.79 Å². The van der Waals surface area contributed by atoms with Crippen LogP contribution < -0.4 is 0 Å². The molecule has 1 amide bonds. The van der Waals surface area contributed by atoms with Crippen LogP contribution in [0.1, 0.15) is 13.8 Å². The lowest BCUT2D eigenvalue weighted by Crippen LogP contribution is -2.51. The number of hydrogen-bond acceptors (Lipinski definition) is 4. The molecule has 1 aliphatic rings. The molecule has 1 aliphatic heterocycles. The van der Waals surface area contributed by atoms with E-state index in [0.717, 1.165) is 11.0 Å². The number of carbonyl (C=O) groups excluding carboxylic acids is 1. The van der Waals surface area contributed by atoms with Crippen molar-refractivity contribution >= 4 is 16.9 Å². The predicted octanol–water partition coefficient (Wildman–Crippen LogP) is 1.07. The maximum atomic E-state index is 12.4. The van der Waals surface area contributed by atoms with Gasteiger partial charge in [-0.15, -0.1) is 5.10 Å². The van der Waals surface area contributed by atoms with Crippen LogP contribution in [0.15, 0.2) is 24.3 Å². The lowest BCUT2D eigenvalue weighted by atomic mass is 10.2. The van der Waals surface area contributed by atoms with Crippen molar-refractivity contribution in [2.24, 2.45) is 0 Å². The first kappa shape index (κ1) is 13.1. The molecule has 0 spiro atoms. The van der Waals surface area contributed by atoms with Gasteiger partial charge in [0, 0.05) is 6.54 Å². The third-order valence-corrected chi connectivity index (χ3v) is 3.63. The van der Waals surface area contributed by atoms with E-state index in [1.54, 1.807) is 4.68 Å². The Kier molecular flexibility index (Phi) is 3.40. The summed E-state index contributed by atoms with van der Waals surface area (Å²) in [4.78, 5) is 14.3. The second kappa shape index (κ2) is 5.20. The zero-order chi connectivity index (χ0) is 14.1. The van der Waals surface area contributed by atoms with Gasteiger partial charge in [-0.2, -0.15) is 0 Å². The minimum absolute atomic E-state index is 0.0586. The molecule has 20 heavy (non-hydrogen) atoms. The van der Waals surface area contributed by atoms with Crippen molar-refractivity contribution in [2.75, 3.05) is 13.2 Å². The largest absolute Gasteiger partial charge is 0.375 e. The van der Waals surface area contributed by atoms with Crippen molar-refractivity contribution in [3.8, 4) is 0 Å². The van der Waals surface area contributed by atoms with Crippen LogP contribution in [0, 0.1) is 0 Å². The Morgan fingerprint density at radius 3 is 3.05 bits per heavy atom. The first-order chi connectivity index (χ1) is 9.65. The highest BCUT2D eigenvalue weighted by molar-refractivity contribution is 5.80. The normalized spacial score (nSPS) is 23.2. The minimum atomic E-state index is 0.0586. The molecule has 1 fully saturated rings. The summed E-state index contributed by atoms with van der Waals surface area (Å²) in [6.07, 6.45) is 0.0858. The summed E-state index contributed by atoms with van der Waals surface area (Å²) in [5, 5.41) is 8.13. The van der Waals surface area contributed by atoms with Gasteiger partial charge in [0.15, 0.2) is 0 Å². The topological polar surface area (TPSA) is 60.2 Å². The molecular weight excluding hydrogens is 256 g/mol. The van der Waals surface area contributed by atoms with Gasteiger partial charge in [0.25, 0.3) is 0 Å². The number of ether oxygens (including phenoxy) is 1. The quantitative estimate of drug-likeness (QED) is 0.822. The van der Waals surface area contributed by atoms with Gasteiger partial charge in [0.1, 0.15) is 12.1 Å². The first-order valence-corrected chi connectivity index (χ1v) is 6.84. The van der Waals surface area contributed by atoms with Crippen molar-refractivity contribution in [1.82, 2.24) is 19.9 Å². The third kappa shape index (κ3) is 2.38. The van der Waals surface area contributed by atoms with Crippen LogP contribution in [0.25, 0.3) is 11.0 Å². The molecular formula is C14H18N4O2. The predicted molar refractivity (Wildman–Crippen MR) is 74.1 cm³/mol. The Morgan fingerprint density at radius 2 is 2.20 bits per heavy atom. The molecule has 0 saturated carbocycles. The number of carbonyl (C=O) groups is 1. The number of fused-ring (bicyclic) bond motifs is 1. The lowest BCUT2D eigenvalue weighted by molar-refractivity contribution is -0.144. The Bertz CT molecular complexity index is 624. The van der Waals surface area contributed by atoms with E-state index in [1.807, 2.05) is 43.0 Å². The van der Waals surface area contributed by atoms with Crippen molar-refractivity contribution < 1.29 is 9.53 Å². The fraction of sp³-hybridized carbons (Fsp3) is 0.500. The van der Waals surface area contributed by atoms with Crippen LogP contribution in [0.5, 0.6) is 0 Å². The number of rotatable bonds is 2. The molecule has 0 N–H and O–H groups in total. The van der Waals surface area contributed by atoms with Crippen molar-refractivity contribution in [3.05, 3.63) is 24.3 Å². The van der Waals surface area contributed by atoms with Crippen LogP contribution in [0.3, 0.4) is 0 Å². The van der Waals surface area contributed by atoms with Gasteiger partial charge in [-0.25, -0.2) is 4.68 Å². The highest BCUT2D eigenvalue weighted by atomic mass is 16.5. The molecule has 0 aliphatic carbocycles. The van der Waals surface area contributed by atoms with Crippen molar-refractivity contribution in [2.45, 2.75) is 32.5 Å². The standard InChI is InChI=1S/C14H18N4O2/c1-10-9-20-11(2)7-17(10)14(19)8-18-13-6-4-3-5-12(13)15-16-18/h3-6,10-11H,7-9H2,1-2H3/t10-,11+/m1/s1. The average molecular weight is 274 g/mol. The fourth-order valence-corrected chi connectivity index (χ4v) is 2.50. The summed E-state index contributed by atoms with van der Waals surface area (Å²) in [5.41, 5.74) is 1.69. The summed E-state index contributed by atoms with van der Waals surface area (Å²) in [6.45, 7) is 5.43. The van der Waals surface area contributed by atoms with Gasteiger partial charge >= 0.3 is 0 Å². The van der Waals surface area contributed by atoms with E-state index in [1.165, 1.54) is 0 Å². The van der Waals surface area contributed by atoms with Crippen LogP contribution in [0.4, 0.5) is 0 Å². The summed E-state index contributed by atoms with van der Waals surface area (Å²) in [5.74, 6) is 0.0586. The van der Waals surface area contributed by atoms with E-state index >= 15 is 0 Å². The number of amides is 1. The Labute approximate surface area is 117 Å². The van der Waals surface area contributed by atoms with E-state index in [2.05, 4.69) is 10.3 Å². The maximum Gasteiger partial charge on any atom is 0.244 e. The molecule has 1 aromatic carbocycles. The smallest absolute Gasteiger partial charge is 0.244 e. The van der Waals surface area contributed by atoms with Crippen molar-refractivity contribution in [3.63, 3.8) is 0 Å². The molecule has 0 unspecified atom stereocenters. The van der Waals surface area contributed by atoms with Crippen molar-refractivity contribution in [1.29, 1.82) is 0 Å². The van der Waals surface area contributed by atoms with Crippen LogP contribution >= 0.6 is 0 Å². The third-order valence-electron chi connectivity index (χ3n) is 3.63. The fourth-order valence-electron chi connectivity index (χ4n) is 2.50. The van der Waals surface area contributed by atoms with Crippen LogP contribution in [-0.2, 0) is 16.1 Å². The summed E-state index contributed by atoms with van der Waals surface area (Å²) < 4.78 is 7.20. The van der Waals surface area contributed by atoms with Gasteiger partial charge < -0.3 is 9.64 Å². The number of para-hydroxylation sites is 1. The molecule has 2 atom stereocenters. The van der Waals surface area contributed by atoms with E-state index in [4.69, 9.17) is 4.74 Å². The molecule has 0 radical (unpaired) electrons. The van der Waals surface area contributed by atoms with Crippen LogP contribution in [0.2, 0.25) is 0 Å². The molecule has 2 aromatic rings. The zero-order valence-corrected chi connectivity index (χ0v) is 11.7. The molecule has 6 heteroatoms. The van der Waals surface area contributed by atoms with E-state index < -0.39 is 0 Å². The number of morpholine rings is 1. The van der Waals surface area contributed by atoms with Crippen LogP contribution in [-0.4, -0.2) is 51.1 Å². The first-order valence-electron chi connectivity index (χ1n) is 6.84. The zero-order valence-electron chi connectivity index (χ0n) is 11.7. The maximum absolute atomic E-state index is 12.4. The molecule has 3 rings (SSSR count). The monoisotopic (exact) mass is 274 g/mol. The molecule has 6 nitrogen and oxygen atoms in total. The Hall–Kier alpha value is -1.95. The molecule has 0 bridgehead atoms. The SMILES string of the molecule is C[C@@H]1CO[C@@H](C)CN1C(=O)Cn1nnc2ccccc21. The second-order valence-corrected chi connectivity index (χ2v) is 5.27. The van der Waals surface area contributed by atoms with Gasteiger partial charge in [0.05, 0.1) is 24.3 Å². The van der Waals surface area contributed by atoms with E-state index in [9.17, 15) is 4.79 Å². The van der Waals surface area contributed by atoms with Gasteiger partial charge in [-0.05, 0) is 26.0 Å². The highest BCUT2D eigenvalue weighted by Crippen LogP contribution is 2.14. The number of hydrogen-bond donors (Lipinski definition) is 0. The summed E-state index contributed by atoms with van der Waals surface area (Å²) in [7, 11) is 0. The molecule has 1 saturated heterocycles. The summed E-state index contributed by atoms with van der Waals surface area (Å²) >= 11 is 0. The summed E-state index contributed by atoms with van der Waals surface area (Å²) in [6, 6.07) is 7.76. The second-order valence-electron chi connectivity index (χ2n) is 5.27. The molecule has 1 aromatic heterocycles. The molecule has 2 heterocycles. The van der Waals surface area contributed by atoms with Gasteiger partial charge in [0.2, 0.25) is 5.91 Å². The Balaban J connectivity index is 1.78. The molecule has 106 valence electrons. The lowest BCUT2D eigenvalue weighted by Gasteiger charge is -2.36. The number of aromatic nitrogens is 3. The van der Waals surface area contributed by atoms with Gasteiger partial charge in [-0.1, -0.05) is 17.3 Å². The number of nitrogens with zero attached hydrogens (tertiary/aromatic N) is 4. The Morgan fingerprint density at radius 1 is 1.40 bits per heavy atom. The minimum Gasteiger partial charge on any atom is -0.375 e.